The van der Waals surface area contributed by atoms with Crippen LogP contribution in [0.15, 0.2) is 6.07 Å². The van der Waals surface area contributed by atoms with Crippen LogP contribution in [0.1, 0.15) is 17.3 Å². The Balaban J connectivity index is 3.09. The van der Waals surface area contributed by atoms with Crippen molar-refractivity contribution in [3.63, 3.8) is 0 Å². The Labute approximate surface area is 94.0 Å². The van der Waals surface area contributed by atoms with E-state index in [0.717, 1.165) is 13.0 Å². The van der Waals surface area contributed by atoms with Crippen molar-refractivity contribution >= 4 is 35.1 Å². The predicted molar refractivity (Wildman–Crippen MR) is 50.3 cm³/mol. The highest BCUT2D eigenvalue weighted by Gasteiger charge is 2.18. The third kappa shape index (κ3) is 2.87. The fraction of sp³-hybridized carbons (Fsp3) is 0.125. The molecule has 0 aromatic carbocycles. The van der Waals surface area contributed by atoms with Crippen LogP contribution in [-0.4, -0.2) is 16.9 Å². The monoisotopic (exact) mass is 251 g/mol. The van der Waals surface area contributed by atoms with Gasteiger partial charge in [-0.25, -0.2) is 14.2 Å². The van der Waals surface area contributed by atoms with Gasteiger partial charge in [-0.2, -0.15) is 0 Å². The van der Waals surface area contributed by atoms with Crippen molar-refractivity contribution in [2.75, 3.05) is 0 Å². The van der Waals surface area contributed by atoms with Crippen molar-refractivity contribution in [2.24, 2.45) is 0 Å². The summed E-state index contributed by atoms with van der Waals surface area (Å²) in [4.78, 5) is 25.0. The maximum absolute atomic E-state index is 12.9. The highest BCUT2D eigenvalue weighted by atomic mass is 35.5. The predicted octanol–water partition coefficient (Wildman–Crippen LogP) is 2.23. The van der Waals surface area contributed by atoms with E-state index in [9.17, 15) is 14.0 Å². The Morgan fingerprint density at radius 2 is 2.00 bits per heavy atom. The molecule has 0 spiro atoms. The summed E-state index contributed by atoms with van der Waals surface area (Å²) in [5.74, 6) is -2.82. The Bertz CT molecular complexity index is 436. The molecule has 0 amide bonds. The minimum absolute atomic E-state index is 0.326. The van der Waals surface area contributed by atoms with Gasteiger partial charge in [-0.05, 0) is 6.07 Å². The zero-order chi connectivity index (χ0) is 11.6. The number of ether oxygens (including phenoxy) is 1. The molecule has 1 aromatic rings. The number of hydrogen-bond donors (Lipinski definition) is 0. The van der Waals surface area contributed by atoms with E-state index < -0.39 is 22.9 Å². The second-order valence-electron chi connectivity index (χ2n) is 2.48. The summed E-state index contributed by atoms with van der Waals surface area (Å²) < 4.78 is 17.1. The van der Waals surface area contributed by atoms with E-state index in [1.807, 2.05) is 0 Å². The number of nitrogens with zero attached hydrogens (tertiary/aromatic N) is 1. The lowest BCUT2D eigenvalue weighted by Gasteiger charge is -2.02. The lowest BCUT2D eigenvalue weighted by Crippen LogP contribution is -2.11. The van der Waals surface area contributed by atoms with E-state index in [2.05, 4.69) is 9.72 Å². The van der Waals surface area contributed by atoms with Gasteiger partial charge >= 0.3 is 11.9 Å². The Morgan fingerprint density at radius 3 is 2.53 bits per heavy atom. The molecule has 1 heterocycles. The highest BCUT2D eigenvalue weighted by Crippen LogP contribution is 2.20. The first kappa shape index (κ1) is 11.9. The lowest BCUT2D eigenvalue weighted by molar-refractivity contribution is -0.135. The number of esters is 2. The van der Waals surface area contributed by atoms with Crippen LogP contribution in [0.3, 0.4) is 0 Å². The second-order valence-corrected chi connectivity index (χ2v) is 3.20. The molecular formula is C8H4Cl2FNO3. The van der Waals surface area contributed by atoms with Gasteiger partial charge in [0.15, 0.2) is 11.0 Å². The van der Waals surface area contributed by atoms with Gasteiger partial charge in [-0.1, -0.05) is 23.2 Å². The molecule has 0 saturated heterocycles. The molecule has 0 atom stereocenters. The fourth-order valence-electron chi connectivity index (χ4n) is 0.774. The molecule has 0 aliphatic carbocycles. The third-order valence-electron chi connectivity index (χ3n) is 1.34. The number of aromatic nitrogens is 1. The second kappa shape index (κ2) is 4.55. The number of pyridine rings is 1. The average Bonchev–Trinajstić information content (AvgIpc) is 2.09. The first-order valence-electron chi connectivity index (χ1n) is 3.66. The van der Waals surface area contributed by atoms with Gasteiger partial charge in [0.25, 0.3) is 0 Å². The Morgan fingerprint density at radius 1 is 1.40 bits per heavy atom. The van der Waals surface area contributed by atoms with Gasteiger partial charge < -0.3 is 4.74 Å². The van der Waals surface area contributed by atoms with Crippen molar-refractivity contribution in [3.05, 3.63) is 27.8 Å². The van der Waals surface area contributed by atoms with Crippen molar-refractivity contribution in [1.82, 2.24) is 4.98 Å². The summed E-state index contributed by atoms with van der Waals surface area (Å²) in [6.07, 6.45) is 0. The Kier molecular flexibility index (Phi) is 3.60. The SMILES string of the molecule is CC(=O)OC(=O)c1cc(F)c(Cl)nc1Cl. The van der Waals surface area contributed by atoms with Crippen molar-refractivity contribution in [3.8, 4) is 0 Å². The largest absolute Gasteiger partial charge is 0.390 e. The number of carbonyl (C=O) groups is 2. The van der Waals surface area contributed by atoms with Crippen LogP contribution in [0.5, 0.6) is 0 Å². The molecule has 4 nitrogen and oxygen atoms in total. The van der Waals surface area contributed by atoms with E-state index in [1.54, 1.807) is 0 Å². The van der Waals surface area contributed by atoms with Crippen LogP contribution in [-0.2, 0) is 9.53 Å². The fourth-order valence-corrected chi connectivity index (χ4v) is 1.17. The average molecular weight is 252 g/mol. The molecular weight excluding hydrogens is 248 g/mol. The van der Waals surface area contributed by atoms with E-state index in [0.29, 0.717) is 0 Å². The van der Waals surface area contributed by atoms with E-state index >= 15 is 0 Å². The first-order chi connectivity index (χ1) is 6.91. The van der Waals surface area contributed by atoms with E-state index in [4.69, 9.17) is 23.2 Å². The minimum Gasteiger partial charge on any atom is -0.390 e. The smallest absolute Gasteiger partial charge is 0.349 e. The molecule has 0 N–H and O–H groups in total. The van der Waals surface area contributed by atoms with Crippen LogP contribution in [0.4, 0.5) is 4.39 Å². The van der Waals surface area contributed by atoms with Gasteiger partial charge in [0.05, 0.1) is 0 Å². The van der Waals surface area contributed by atoms with Crippen molar-refractivity contribution in [2.45, 2.75) is 6.92 Å². The zero-order valence-corrected chi connectivity index (χ0v) is 8.90. The molecule has 0 aliphatic heterocycles. The molecule has 80 valence electrons. The summed E-state index contributed by atoms with van der Waals surface area (Å²) in [5.41, 5.74) is -0.353. The maximum atomic E-state index is 12.9. The van der Waals surface area contributed by atoms with E-state index in [1.165, 1.54) is 0 Å². The van der Waals surface area contributed by atoms with Crippen molar-refractivity contribution in [1.29, 1.82) is 0 Å². The normalized spacial score (nSPS) is 9.87. The zero-order valence-electron chi connectivity index (χ0n) is 7.38. The number of hydrogen-bond acceptors (Lipinski definition) is 4. The molecule has 1 aromatic heterocycles. The third-order valence-corrected chi connectivity index (χ3v) is 1.90. The summed E-state index contributed by atoms with van der Waals surface area (Å²) in [6.45, 7) is 1.03. The van der Waals surface area contributed by atoms with Crippen LogP contribution >= 0.6 is 23.2 Å². The Hall–Kier alpha value is -1.20. The van der Waals surface area contributed by atoms with Gasteiger partial charge in [0.2, 0.25) is 0 Å². The van der Waals surface area contributed by atoms with Gasteiger partial charge in [0, 0.05) is 6.92 Å². The van der Waals surface area contributed by atoms with Crippen LogP contribution in [0, 0.1) is 5.82 Å². The quantitative estimate of drug-likeness (QED) is 0.437. The molecule has 1 rings (SSSR count). The van der Waals surface area contributed by atoms with Gasteiger partial charge in [-0.15, -0.1) is 0 Å². The first-order valence-corrected chi connectivity index (χ1v) is 4.41. The molecule has 0 fully saturated rings. The molecule has 0 saturated carbocycles. The molecule has 0 bridgehead atoms. The van der Waals surface area contributed by atoms with Crippen LogP contribution in [0.25, 0.3) is 0 Å². The number of rotatable bonds is 1. The molecule has 7 heteroatoms. The minimum atomic E-state index is -1.07. The highest BCUT2D eigenvalue weighted by molar-refractivity contribution is 6.34. The van der Waals surface area contributed by atoms with Gasteiger partial charge in [0.1, 0.15) is 10.7 Å². The van der Waals surface area contributed by atoms with Crippen LogP contribution < -0.4 is 0 Å². The summed E-state index contributed by atoms with van der Waals surface area (Å²) in [5, 5.41) is -0.785. The number of carbonyl (C=O) groups excluding carboxylic acids is 2. The topological polar surface area (TPSA) is 56.3 Å². The van der Waals surface area contributed by atoms with E-state index in [-0.39, 0.29) is 10.7 Å². The summed E-state index contributed by atoms with van der Waals surface area (Å²) in [6, 6.07) is 0.753. The molecule has 0 unspecified atom stereocenters. The van der Waals surface area contributed by atoms with Gasteiger partial charge in [-0.3, -0.25) is 4.79 Å². The lowest BCUT2D eigenvalue weighted by atomic mass is 10.3. The molecule has 0 aliphatic rings. The number of halogens is 3. The standard InChI is InChI=1S/C8H4Cl2FNO3/c1-3(13)15-8(14)4-2-5(11)7(10)12-6(4)9/h2H,1H3. The molecule has 15 heavy (non-hydrogen) atoms. The molecule has 0 radical (unpaired) electrons. The summed E-state index contributed by atoms with van der Waals surface area (Å²) in [7, 11) is 0. The van der Waals surface area contributed by atoms with Crippen LogP contribution in [0.2, 0.25) is 10.3 Å². The maximum Gasteiger partial charge on any atom is 0.349 e. The van der Waals surface area contributed by atoms with Crippen molar-refractivity contribution < 1.29 is 18.7 Å². The summed E-state index contributed by atoms with van der Waals surface area (Å²) >= 11 is 10.8.